The van der Waals surface area contributed by atoms with Crippen molar-refractivity contribution in [2.24, 2.45) is 34.5 Å². The molecule has 8 fully saturated rings. The second-order valence-electron chi connectivity index (χ2n) is 22.2. The van der Waals surface area contributed by atoms with Gasteiger partial charge >= 0.3 is 11.9 Å². The minimum atomic E-state index is -1.69. The molecule has 26 atom stereocenters. The number of cyclic esters (lactones) is 1. The zero-order chi connectivity index (χ0) is 49.5. The standard InChI is InChI=1S/C49H76O20/c1-21-43(67-38-17-32(53)44(22(2)62-38)68-39-18-33(64-24(4)51)45(23(3)63-39)69-46-42(58)41(57)40(56)34(19-50)66-46)31(52)16-37(61-21)65-27-9-11-47(5)26(14-27)7-8-29-30(47)15-35(54)48(6)28(10-12-49(29,48)59)25-13-36(55)60-20-25/h13,21-23,26-35,37-46,50,52-54,56-59H,7-12,14-20H2,1-6H3/t21-,22-,23-,26-,27-,28-,29+,30+,31-,32-,33-,34+,35+,37-,38-,39+,40+,41-,42+,43+,44+,45-,46-,47+,48+,49+/m1/s1. The van der Waals surface area contributed by atoms with E-state index < -0.39 is 134 Å². The van der Waals surface area contributed by atoms with Gasteiger partial charge in [-0.05, 0) is 107 Å². The molecule has 4 saturated heterocycles. The lowest BCUT2D eigenvalue weighted by atomic mass is 9.42. The van der Waals surface area contributed by atoms with Crippen molar-refractivity contribution in [2.45, 2.75) is 234 Å². The highest BCUT2D eigenvalue weighted by molar-refractivity contribution is 5.85. The van der Waals surface area contributed by atoms with Gasteiger partial charge in [0.1, 0.15) is 55.4 Å². The molecule has 20 heteroatoms. The second-order valence-corrected chi connectivity index (χ2v) is 22.2. The lowest BCUT2D eigenvalue weighted by Gasteiger charge is -2.65. The average Bonchev–Trinajstić information content (AvgIpc) is 3.84. The molecule has 0 aromatic carbocycles. The number of carbonyl (C=O) groups is 2. The van der Waals surface area contributed by atoms with Crippen LogP contribution in [0.3, 0.4) is 0 Å². The highest BCUT2D eigenvalue weighted by Crippen LogP contribution is 2.70. The van der Waals surface area contributed by atoms with E-state index in [-0.39, 0.29) is 61.1 Å². The fourth-order valence-electron chi connectivity index (χ4n) is 14.6. The smallest absolute Gasteiger partial charge is 0.331 e. The Hall–Kier alpha value is -1.96. The molecule has 0 amide bonds. The Bertz CT molecular complexity index is 1850. The Labute approximate surface area is 402 Å². The molecule has 4 aliphatic carbocycles. The molecular weight excluding hydrogens is 909 g/mol. The van der Waals surface area contributed by atoms with Gasteiger partial charge in [-0.25, -0.2) is 4.79 Å². The summed E-state index contributed by atoms with van der Waals surface area (Å²) in [5.74, 6) is -0.580. The van der Waals surface area contributed by atoms with Crippen molar-refractivity contribution in [1.82, 2.24) is 0 Å². The summed E-state index contributed by atoms with van der Waals surface area (Å²) in [5, 5.41) is 88.1. The van der Waals surface area contributed by atoms with Gasteiger partial charge < -0.3 is 88.2 Å². The zero-order valence-corrected chi connectivity index (χ0v) is 40.5. The number of carbonyl (C=O) groups excluding carboxylic acids is 2. The Morgan fingerprint density at radius 3 is 1.93 bits per heavy atom. The van der Waals surface area contributed by atoms with E-state index in [9.17, 15) is 50.4 Å². The fraction of sp³-hybridized carbons (Fsp3) is 0.918. The number of ether oxygens (including phenoxy) is 10. The van der Waals surface area contributed by atoms with E-state index in [4.69, 9.17) is 47.4 Å². The molecule has 0 unspecified atom stereocenters. The van der Waals surface area contributed by atoms with E-state index >= 15 is 0 Å². The summed E-state index contributed by atoms with van der Waals surface area (Å²) in [6, 6.07) is 0. The third-order valence-corrected chi connectivity index (χ3v) is 18.4. The molecule has 69 heavy (non-hydrogen) atoms. The molecule has 0 radical (unpaired) electrons. The van der Waals surface area contributed by atoms with Crippen LogP contribution in [0.25, 0.3) is 0 Å². The number of aliphatic hydroxyl groups excluding tert-OH is 7. The minimum absolute atomic E-state index is 0.00421. The lowest BCUT2D eigenvalue weighted by molar-refractivity contribution is -0.355. The second kappa shape index (κ2) is 20.0. The van der Waals surface area contributed by atoms with Crippen molar-refractivity contribution in [3.05, 3.63) is 11.6 Å². The van der Waals surface area contributed by atoms with Crippen LogP contribution in [0.2, 0.25) is 0 Å². The summed E-state index contributed by atoms with van der Waals surface area (Å²) in [6.07, 6.45) is -11.1. The summed E-state index contributed by atoms with van der Waals surface area (Å²) in [6.45, 7) is 10.3. The predicted octanol–water partition coefficient (Wildman–Crippen LogP) is 0.613. The maximum atomic E-state index is 12.6. The molecule has 9 aliphatic rings. The largest absolute Gasteiger partial charge is 0.459 e. The molecule has 8 N–H and O–H groups in total. The van der Waals surface area contributed by atoms with E-state index in [1.165, 1.54) is 6.92 Å². The molecule has 0 aromatic heterocycles. The van der Waals surface area contributed by atoms with Gasteiger partial charge in [0.2, 0.25) is 0 Å². The quantitative estimate of drug-likeness (QED) is 0.104. The summed E-state index contributed by atoms with van der Waals surface area (Å²) in [4.78, 5) is 24.2. The van der Waals surface area contributed by atoms with E-state index in [2.05, 4.69) is 6.92 Å². The molecule has 5 aliphatic heterocycles. The van der Waals surface area contributed by atoms with Crippen LogP contribution in [0.1, 0.15) is 112 Å². The zero-order valence-electron chi connectivity index (χ0n) is 40.5. The van der Waals surface area contributed by atoms with E-state index in [1.807, 2.05) is 6.92 Å². The number of hydrogen-bond acceptors (Lipinski definition) is 20. The third kappa shape index (κ3) is 9.48. The molecule has 5 heterocycles. The Morgan fingerprint density at radius 2 is 1.33 bits per heavy atom. The lowest BCUT2D eigenvalue weighted by Crippen LogP contribution is -2.67. The summed E-state index contributed by atoms with van der Waals surface area (Å²) < 4.78 is 60.1. The molecule has 0 aromatic rings. The normalized spacial score (nSPS) is 53.3. The first-order valence-corrected chi connectivity index (χ1v) is 25.3. The number of esters is 2. The van der Waals surface area contributed by atoms with Crippen LogP contribution >= 0.6 is 0 Å². The maximum absolute atomic E-state index is 12.6. The maximum Gasteiger partial charge on any atom is 0.331 e. The summed E-state index contributed by atoms with van der Waals surface area (Å²) >= 11 is 0. The fourth-order valence-corrected chi connectivity index (χ4v) is 14.6. The monoisotopic (exact) mass is 984 g/mol. The number of fused-ring (bicyclic) bond motifs is 5. The van der Waals surface area contributed by atoms with Crippen LogP contribution < -0.4 is 0 Å². The van der Waals surface area contributed by atoms with Crippen molar-refractivity contribution in [3.63, 3.8) is 0 Å². The SMILES string of the molecule is CC(=O)O[C@@H]1C[C@H](O[C@@H]2[C@H](O)C[C@@H](O[C@@H]3[C@H](O)C[C@@H](O[C@@H]4CC[C@@]5(C)[C@H](CC[C@H]6[C@@H]5C[C@H](O)[C@]5(C)[C@@H](C7=CC(=O)OC7)CC[C@]65O)C4)O[C@@H]3C)O[C@@H]2C)O[C@H](C)[C@H]1O[C@H]1O[C@@H](CO)[C@H](O)[C@@H](O)[C@@H]1O. The van der Waals surface area contributed by atoms with Crippen LogP contribution in [0.5, 0.6) is 0 Å². The van der Waals surface area contributed by atoms with Gasteiger partial charge in [0.25, 0.3) is 0 Å². The van der Waals surface area contributed by atoms with Crippen LogP contribution in [0, 0.1) is 34.5 Å². The Morgan fingerprint density at radius 1 is 0.710 bits per heavy atom. The number of rotatable bonds is 11. The Kier molecular flexibility index (Phi) is 15.1. The first-order valence-electron chi connectivity index (χ1n) is 25.3. The van der Waals surface area contributed by atoms with Crippen LogP contribution in [-0.4, -0.2) is 188 Å². The first kappa shape index (κ1) is 51.9. The number of aliphatic hydroxyl groups is 8. The van der Waals surface area contributed by atoms with E-state index in [0.29, 0.717) is 25.2 Å². The molecule has 0 bridgehead atoms. The van der Waals surface area contributed by atoms with E-state index in [0.717, 1.165) is 37.7 Å². The summed E-state index contributed by atoms with van der Waals surface area (Å²) in [5.41, 5.74) is -1.01. The highest BCUT2D eigenvalue weighted by Gasteiger charge is 2.71. The molecule has 4 saturated carbocycles. The van der Waals surface area contributed by atoms with Gasteiger partial charge in [0.05, 0.1) is 54.9 Å². The molecule has 0 spiro atoms. The molecule has 392 valence electrons. The number of hydrogen-bond donors (Lipinski definition) is 8. The molecule has 20 nitrogen and oxygen atoms in total. The van der Waals surface area contributed by atoms with E-state index in [1.54, 1.807) is 26.8 Å². The van der Waals surface area contributed by atoms with Gasteiger partial charge in [-0.15, -0.1) is 0 Å². The molecular formula is C49H76O20. The summed E-state index contributed by atoms with van der Waals surface area (Å²) in [7, 11) is 0. The average molecular weight is 985 g/mol. The van der Waals surface area contributed by atoms with Crippen LogP contribution in [0.15, 0.2) is 11.6 Å². The van der Waals surface area contributed by atoms with Gasteiger partial charge in [0, 0.05) is 37.7 Å². The first-order chi connectivity index (χ1) is 32.6. The Balaban J connectivity index is 0.752. The van der Waals surface area contributed by atoms with Crippen molar-refractivity contribution >= 4 is 11.9 Å². The van der Waals surface area contributed by atoms with Crippen molar-refractivity contribution in [1.29, 1.82) is 0 Å². The van der Waals surface area contributed by atoms with Gasteiger partial charge in [0.15, 0.2) is 25.2 Å². The van der Waals surface area contributed by atoms with Crippen molar-refractivity contribution in [2.75, 3.05) is 13.2 Å². The van der Waals surface area contributed by atoms with Gasteiger partial charge in [-0.2, -0.15) is 0 Å². The topological polar surface area (TPSA) is 288 Å². The van der Waals surface area contributed by atoms with Crippen LogP contribution in [-0.2, 0) is 57.0 Å². The molecule has 9 rings (SSSR count). The van der Waals surface area contributed by atoms with Gasteiger partial charge in [-0.3, -0.25) is 4.79 Å². The van der Waals surface area contributed by atoms with Crippen molar-refractivity contribution in [3.8, 4) is 0 Å². The van der Waals surface area contributed by atoms with Crippen molar-refractivity contribution < 1.29 is 97.8 Å². The minimum Gasteiger partial charge on any atom is -0.459 e. The third-order valence-electron chi connectivity index (χ3n) is 18.4. The predicted molar refractivity (Wildman–Crippen MR) is 235 cm³/mol. The van der Waals surface area contributed by atoms with Gasteiger partial charge in [-0.1, -0.05) is 13.8 Å². The van der Waals surface area contributed by atoms with Crippen LogP contribution in [0.4, 0.5) is 0 Å². The highest BCUT2D eigenvalue weighted by atomic mass is 16.8.